The highest BCUT2D eigenvalue weighted by Crippen LogP contribution is 2.47. The van der Waals surface area contributed by atoms with Crippen molar-refractivity contribution >= 4 is 28.3 Å². The van der Waals surface area contributed by atoms with Crippen LogP contribution in [0.2, 0.25) is 0 Å². The molecule has 2 aromatic heterocycles. The van der Waals surface area contributed by atoms with E-state index in [1.54, 1.807) is 9.30 Å². The SMILES string of the molecule is Nc1nc2cc(F)c(C(=O)N3CCC[C@@H]4Cc5cc(C(F)(F)F)ccc5[C@@H]43)cc2n2cncc12. The van der Waals surface area contributed by atoms with Gasteiger partial charge in [-0.15, -0.1) is 0 Å². The van der Waals surface area contributed by atoms with E-state index in [4.69, 9.17) is 5.73 Å². The van der Waals surface area contributed by atoms with Crippen molar-refractivity contribution in [3.63, 3.8) is 0 Å². The molecule has 174 valence electrons. The number of aromatic nitrogens is 3. The molecule has 2 aliphatic rings. The molecule has 0 saturated carbocycles. The Hall–Kier alpha value is -3.69. The van der Waals surface area contributed by atoms with E-state index in [2.05, 4.69) is 9.97 Å². The Morgan fingerprint density at radius 3 is 2.76 bits per heavy atom. The summed E-state index contributed by atoms with van der Waals surface area (Å²) < 4.78 is 56.4. The maximum atomic E-state index is 15.1. The maximum Gasteiger partial charge on any atom is 0.416 e. The van der Waals surface area contributed by atoms with Gasteiger partial charge in [0.2, 0.25) is 0 Å². The van der Waals surface area contributed by atoms with Crippen LogP contribution in [0.4, 0.5) is 23.4 Å². The van der Waals surface area contributed by atoms with Crippen molar-refractivity contribution < 1.29 is 22.4 Å². The van der Waals surface area contributed by atoms with Crippen LogP contribution >= 0.6 is 0 Å². The fraction of sp³-hybridized carbons (Fsp3) is 0.292. The number of imidazole rings is 1. The van der Waals surface area contributed by atoms with Gasteiger partial charge in [0.1, 0.15) is 17.2 Å². The van der Waals surface area contributed by atoms with Gasteiger partial charge in [-0.2, -0.15) is 13.2 Å². The van der Waals surface area contributed by atoms with Crippen molar-refractivity contribution in [3.05, 3.63) is 70.9 Å². The zero-order valence-electron chi connectivity index (χ0n) is 17.8. The molecule has 3 heterocycles. The number of hydrogen-bond donors (Lipinski definition) is 1. The number of likely N-dealkylation sites (tertiary alicyclic amines) is 1. The van der Waals surface area contributed by atoms with Crippen molar-refractivity contribution in [3.8, 4) is 0 Å². The lowest BCUT2D eigenvalue weighted by molar-refractivity contribution is -0.137. The number of alkyl halides is 3. The van der Waals surface area contributed by atoms with Crippen LogP contribution in [-0.4, -0.2) is 31.7 Å². The molecule has 0 bridgehead atoms. The van der Waals surface area contributed by atoms with E-state index in [1.807, 2.05) is 0 Å². The number of rotatable bonds is 1. The molecule has 2 aromatic carbocycles. The molecule has 1 saturated heterocycles. The molecular weight excluding hydrogens is 450 g/mol. The largest absolute Gasteiger partial charge is 0.416 e. The first kappa shape index (κ1) is 20.9. The monoisotopic (exact) mass is 469 g/mol. The Kier molecular flexibility index (Phi) is 4.39. The Morgan fingerprint density at radius 1 is 1.15 bits per heavy atom. The van der Waals surface area contributed by atoms with Gasteiger partial charge in [0.05, 0.1) is 40.7 Å². The number of hydrogen-bond acceptors (Lipinski definition) is 4. The van der Waals surface area contributed by atoms with Crippen LogP contribution in [0.5, 0.6) is 0 Å². The van der Waals surface area contributed by atoms with E-state index in [1.165, 1.54) is 36.8 Å². The molecule has 0 unspecified atom stereocenters. The highest BCUT2D eigenvalue weighted by molar-refractivity contribution is 5.99. The van der Waals surface area contributed by atoms with Crippen molar-refractivity contribution in [1.82, 2.24) is 19.3 Å². The minimum Gasteiger partial charge on any atom is -0.382 e. The van der Waals surface area contributed by atoms with E-state index in [0.29, 0.717) is 47.1 Å². The van der Waals surface area contributed by atoms with Crippen molar-refractivity contribution in [2.75, 3.05) is 12.3 Å². The van der Waals surface area contributed by atoms with Crippen molar-refractivity contribution in [2.45, 2.75) is 31.5 Å². The first-order valence-corrected chi connectivity index (χ1v) is 10.9. The molecule has 2 atom stereocenters. The predicted molar refractivity (Wildman–Crippen MR) is 117 cm³/mol. The summed E-state index contributed by atoms with van der Waals surface area (Å²) in [5.74, 6) is -1.02. The Morgan fingerprint density at radius 2 is 1.97 bits per heavy atom. The van der Waals surface area contributed by atoms with Crippen LogP contribution in [0.1, 0.15) is 45.9 Å². The Balaban J connectivity index is 1.43. The molecule has 0 spiro atoms. The maximum absolute atomic E-state index is 15.1. The van der Waals surface area contributed by atoms with Gasteiger partial charge in [0.15, 0.2) is 0 Å². The minimum atomic E-state index is -4.43. The first-order chi connectivity index (χ1) is 16.2. The van der Waals surface area contributed by atoms with E-state index in [0.717, 1.165) is 12.5 Å². The summed E-state index contributed by atoms with van der Waals surface area (Å²) in [4.78, 5) is 23.5. The molecular formula is C24H19F4N5O. The number of benzene rings is 2. The molecule has 4 aromatic rings. The van der Waals surface area contributed by atoms with Crippen molar-refractivity contribution in [2.24, 2.45) is 5.92 Å². The lowest BCUT2D eigenvalue weighted by Gasteiger charge is -2.38. The summed E-state index contributed by atoms with van der Waals surface area (Å²) in [6.45, 7) is 0.401. The number of carbonyl (C=O) groups is 1. The van der Waals surface area contributed by atoms with Gasteiger partial charge in [-0.3, -0.25) is 9.20 Å². The topological polar surface area (TPSA) is 76.5 Å². The molecule has 1 amide bonds. The highest BCUT2D eigenvalue weighted by atomic mass is 19.4. The molecule has 6 rings (SSSR count). The third-order valence-corrected chi connectivity index (χ3v) is 6.98. The summed E-state index contributed by atoms with van der Waals surface area (Å²) in [7, 11) is 0. The second kappa shape index (κ2) is 7.15. The number of halogens is 4. The van der Waals surface area contributed by atoms with Crippen LogP contribution in [-0.2, 0) is 12.6 Å². The van der Waals surface area contributed by atoms with Crippen LogP contribution in [0.3, 0.4) is 0 Å². The number of nitrogens with zero attached hydrogens (tertiary/aromatic N) is 4. The van der Waals surface area contributed by atoms with E-state index < -0.39 is 23.5 Å². The molecule has 0 radical (unpaired) electrons. The van der Waals surface area contributed by atoms with Crippen molar-refractivity contribution in [1.29, 1.82) is 0 Å². The van der Waals surface area contributed by atoms with Gasteiger partial charge in [0, 0.05) is 12.6 Å². The number of fused-ring (bicyclic) bond motifs is 6. The summed E-state index contributed by atoms with van der Waals surface area (Å²) in [6, 6.07) is 5.94. The molecule has 1 fully saturated rings. The molecule has 1 aliphatic carbocycles. The second-order valence-electron chi connectivity index (χ2n) is 8.93. The molecule has 34 heavy (non-hydrogen) atoms. The standard InChI is InChI=1S/C24H19F4N5O/c25-17-9-18-19(33-11-30-10-20(33)22(29)31-18)8-16(17)23(34)32-5-1-2-12-6-13-7-14(24(26,27)28)3-4-15(13)21(12)32/h3-4,7-12,21H,1-2,5-6H2,(H2,29,31)/t12-,21-/m1/s1. The molecule has 2 N–H and O–H groups in total. The first-order valence-electron chi connectivity index (χ1n) is 10.9. The van der Waals surface area contributed by atoms with Crippen LogP contribution in [0.15, 0.2) is 42.9 Å². The number of piperidine rings is 1. The zero-order valence-corrected chi connectivity index (χ0v) is 17.8. The highest BCUT2D eigenvalue weighted by Gasteiger charge is 2.43. The lowest BCUT2D eigenvalue weighted by atomic mass is 9.89. The third-order valence-electron chi connectivity index (χ3n) is 6.98. The minimum absolute atomic E-state index is 0.00141. The number of nitrogens with two attached hydrogens (primary N) is 1. The number of nitrogen functional groups attached to an aromatic ring is 1. The van der Waals surface area contributed by atoms with E-state index >= 15 is 4.39 Å². The summed E-state index contributed by atoms with van der Waals surface area (Å²) in [6.07, 6.45) is 0.585. The lowest BCUT2D eigenvalue weighted by Crippen LogP contribution is -2.41. The number of anilines is 1. The fourth-order valence-electron chi connectivity index (χ4n) is 5.48. The zero-order chi connectivity index (χ0) is 23.8. The second-order valence-corrected chi connectivity index (χ2v) is 8.93. The van der Waals surface area contributed by atoms with Gasteiger partial charge in [-0.25, -0.2) is 14.4 Å². The van der Waals surface area contributed by atoms with Gasteiger partial charge >= 0.3 is 6.18 Å². The molecule has 10 heteroatoms. The average Bonchev–Trinajstić information content (AvgIpc) is 3.42. The number of carbonyl (C=O) groups excluding carboxylic acids is 1. The predicted octanol–water partition coefficient (Wildman–Crippen LogP) is 4.77. The summed E-state index contributed by atoms with van der Waals surface area (Å²) in [5.41, 5.74) is 7.75. The smallest absolute Gasteiger partial charge is 0.382 e. The summed E-state index contributed by atoms with van der Waals surface area (Å²) >= 11 is 0. The third kappa shape index (κ3) is 3.04. The molecule has 6 nitrogen and oxygen atoms in total. The molecule has 1 aliphatic heterocycles. The normalized spacial score (nSPS) is 20.1. The summed E-state index contributed by atoms with van der Waals surface area (Å²) in [5, 5.41) is 0. The average molecular weight is 469 g/mol. The fourth-order valence-corrected chi connectivity index (χ4v) is 5.48. The van der Waals surface area contributed by atoms with E-state index in [9.17, 15) is 18.0 Å². The quantitative estimate of drug-likeness (QED) is 0.408. The van der Waals surface area contributed by atoms with Gasteiger partial charge < -0.3 is 10.6 Å². The van der Waals surface area contributed by atoms with Crippen LogP contribution in [0.25, 0.3) is 16.6 Å². The Labute approximate surface area is 191 Å². The van der Waals surface area contributed by atoms with Gasteiger partial charge in [-0.05, 0) is 54.5 Å². The van der Waals surface area contributed by atoms with Crippen LogP contribution < -0.4 is 5.73 Å². The number of amides is 1. The Bertz CT molecular complexity index is 1480. The van der Waals surface area contributed by atoms with Crippen LogP contribution in [0, 0.1) is 11.7 Å². The van der Waals surface area contributed by atoms with E-state index in [-0.39, 0.29) is 23.3 Å². The van der Waals surface area contributed by atoms with Gasteiger partial charge in [0.25, 0.3) is 5.91 Å². The van der Waals surface area contributed by atoms with Gasteiger partial charge in [-0.1, -0.05) is 6.07 Å².